The topological polar surface area (TPSA) is 113 Å². The van der Waals surface area contributed by atoms with Gasteiger partial charge in [0.05, 0.1) is 18.7 Å². The second kappa shape index (κ2) is 10.2. The molecule has 5 aromatic rings. The zero-order valence-electron chi connectivity index (χ0n) is 21.0. The molecule has 1 atom stereocenters. The standard InChI is InChI=1S/C31H26N2O6/c34-23-17-24(35)29-25(36)18-26(19-6-2-1-3-7-19)39-31(29)28(23)22(16-27(37)33-12-14-38-15-13-33)21-10-4-8-20-9-5-11-32-30(20)21/h1-11,17-18,22,34-35H,12-16H2/t22-/m1/s1. The average Bonchev–Trinajstić information content (AvgIpc) is 2.96. The van der Waals surface area contributed by atoms with Crippen molar-refractivity contribution in [2.24, 2.45) is 0 Å². The lowest BCUT2D eigenvalue weighted by atomic mass is 9.84. The Balaban J connectivity index is 1.61. The maximum absolute atomic E-state index is 13.6. The van der Waals surface area contributed by atoms with Gasteiger partial charge < -0.3 is 24.3 Å². The van der Waals surface area contributed by atoms with E-state index in [0.717, 1.165) is 11.5 Å². The number of morpholine rings is 1. The third kappa shape index (κ3) is 4.59. The number of aromatic nitrogens is 1. The maximum Gasteiger partial charge on any atom is 0.223 e. The SMILES string of the molecule is O=C(C[C@H](c1cccc2cccnc12)c1c(O)cc(O)c2c(=O)cc(-c3ccccc3)oc12)N1CCOCC1. The summed E-state index contributed by atoms with van der Waals surface area (Å²) in [6.07, 6.45) is 1.66. The van der Waals surface area contributed by atoms with Gasteiger partial charge in [-0.15, -0.1) is 0 Å². The van der Waals surface area contributed by atoms with Gasteiger partial charge >= 0.3 is 0 Å². The number of carbonyl (C=O) groups excluding carboxylic acids is 1. The number of nitrogens with zero attached hydrogens (tertiary/aromatic N) is 2. The fraction of sp³-hybridized carbons (Fsp3) is 0.194. The van der Waals surface area contributed by atoms with Crippen LogP contribution in [0.25, 0.3) is 33.2 Å². The molecule has 8 heteroatoms. The summed E-state index contributed by atoms with van der Waals surface area (Å²) in [5.41, 5.74) is 1.86. The van der Waals surface area contributed by atoms with E-state index in [1.165, 1.54) is 6.07 Å². The van der Waals surface area contributed by atoms with Gasteiger partial charge in [-0.2, -0.15) is 0 Å². The molecule has 1 amide bonds. The number of phenolic OH excluding ortho intramolecular Hbond substituents is 2. The number of amides is 1. The third-order valence-corrected chi connectivity index (χ3v) is 7.19. The molecule has 2 aromatic heterocycles. The molecule has 3 heterocycles. The van der Waals surface area contributed by atoms with Gasteiger partial charge in [0, 0.05) is 60.3 Å². The van der Waals surface area contributed by atoms with E-state index in [4.69, 9.17) is 9.15 Å². The van der Waals surface area contributed by atoms with Crippen LogP contribution in [0.1, 0.15) is 23.5 Å². The fourth-order valence-electron chi connectivity index (χ4n) is 5.30. The fourth-order valence-corrected chi connectivity index (χ4v) is 5.30. The van der Waals surface area contributed by atoms with E-state index in [-0.39, 0.29) is 40.4 Å². The summed E-state index contributed by atoms with van der Waals surface area (Å²) in [5.74, 6) is -1.24. The summed E-state index contributed by atoms with van der Waals surface area (Å²) >= 11 is 0. The number of pyridine rings is 1. The number of hydrogen-bond donors (Lipinski definition) is 2. The third-order valence-electron chi connectivity index (χ3n) is 7.19. The van der Waals surface area contributed by atoms with Crippen molar-refractivity contribution in [3.05, 3.63) is 100 Å². The lowest BCUT2D eigenvalue weighted by molar-refractivity contribution is -0.135. The van der Waals surface area contributed by atoms with Crippen LogP contribution in [0, 0.1) is 0 Å². The van der Waals surface area contributed by atoms with Crippen LogP contribution >= 0.6 is 0 Å². The van der Waals surface area contributed by atoms with Crippen LogP contribution in [-0.2, 0) is 9.53 Å². The van der Waals surface area contributed by atoms with Gasteiger partial charge in [0.25, 0.3) is 0 Å². The summed E-state index contributed by atoms with van der Waals surface area (Å²) in [7, 11) is 0. The molecule has 2 N–H and O–H groups in total. The van der Waals surface area contributed by atoms with E-state index in [9.17, 15) is 19.8 Å². The highest BCUT2D eigenvalue weighted by Gasteiger charge is 2.31. The molecule has 8 nitrogen and oxygen atoms in total. The molecule has 0 radical (unpaired) electrons. The van der Waals surface area contributed by atoms with Crippen LogP contribution in [0.5, 0.6) is 11.5 Å². The summed E-state index contributed by atoms with van der Waals surface area (Å²) in [6, 6.07) is 21.0. The molecule has 1 fully saturated rings. The van der Waals surface area contributed by atoms with Gasteiger partial charge in [0.2, 0.25) is 5.91 Å². The van der Waals surface area contributed by atoms with Gasteiger partial charge in [-0.25, -0.2) is 0 Å². The lowest BCUT2D eigenvalue weighted by Gasteiger charge is -2.29. The monoisotopic (exact) mass is 522 g/mol. The number of rotatable bonds is 5. The first kappa shape index (κ1) is 24.6. The van der Waals surface area contributed by atoms with Gasteiger partial charge in [0.15, 0.2) is 5.43 Å². The molecular weight excluding hydrogens is 496 g/mol. The Morgan fingerprint density at radius 2 is 1.72 bits per heavy atom. The number of ether oxygens (including phenoxy) is 1. The summed E-state index contributed by atoms with van der Waals surface area (Å²) in [6.45, 7) is 1.84. The van der Waals surface area contributed by atoms with Crippen molar-refractivity contribution in [2.45, 2.75) is 12.3 Å². The highest BCUT2D eigenvalue weighted by molar-refractivity contribution is 5.92. The number of phenols is 2. The molecule has 0 saturated carbocycles. The molecule has 6 rings (SSSR count). The van der Waals surface area contributed by atoms with Crippen molar-refractivity contribution in [3.8, 4) is 22.8 Å². The van der Waals surface area contributed by atoms with Crippen LogP contribution in [-0.4, -0.2) is 52.3 Å². The zero-order chi connectivity index (χ0) is 26.9. The molecule has 0 aliphatic carbocycles. The largest absolute Gasteiger partial charge is 0.507 e. The van der Waals surface area contributed by atoms with Gasteiger partial charge in [-0.3, -0.25) is 14.6 Å². The Hall–Kier alpha value is -4.69. The molecule has 1 saturated heterocycles. The second-order valence-electron chi connectivity index (χ2n) is 9.55. The minimum absolute atomic E-state index is 0.0115. The van der Waals surface area contributed by atoms with Crippen LogP contribution < -0.4 is 5.43 Å². The van der Waals surface area contributed by atoms with Crippen molar-refractivity contribution < 1.29 is 24.2 Å². The van der Waals surface area contributed by atoms with Crippen molar-refractivity contribution in [3.63, 3.8) is 0 Å². The first-order valence-electron chi connectivity index (χ1n) is 12.8. The predicted octanol–water partition coefficient (Wildman–Crippen LogP) is 4.80. The molecule has 39 heavy (non-hydrogen) atoms. The van der Waals surface area contributed by atoms with E-state index < -0.39 is 17.1 Å². The Morgan fingerprint density at radius 1 is 0.949 bits per heavy atom. The van der Waals surface area contributed by atoms with E-state index in [0.29, 0.717) is 42.9 Å². The van der Waals surface area contributed by atoms with Gasteiger partial charge in [-0.1, -0.05) is 54.6 Å². The highest BCUT2D eigenvalue weighted by Crippen LogP contribution is 2.44. The van der Waals surface area contributed by atoms with Crippen molar-refractivity contribution >= 4 is 27.8 Å². The van der Waals surface area contributed by atoms with Crippen LogP contribution in [0.2, 0.25) is 0 Å². The van der Waals surface area contributed by atoms with Crippen LogP contribution in [0.15, 0.2) is 88.2 Å². The number of para-hydroxylation sites is 1. The summed E-state index contributed by atoms with van der Waals surface area (Å²) in [5, 5.41) is 22.8. The average molecular weight is 523 g/mol. The quantitative estimate of drug-likeness (QED) is 0.341. The van der Waals surface area contributed by atoms with Crippen molar-refractivity contribution in [2.75, 3.05) is 26.3 Å². The molecule has 0 spiro atoms. The number of benzene rings is 3. The zero-order valence-corrected chi connectivity index (χ0v) is 21.0. The molecular formula is C31H26N2O6. The first-order valence-corrected chi connectivity index (χ1v) is 12.8. The molecule has 1 aliphatic heterocycles. The second-order valence-corrected chi connectivity index (χ2v) is 9.55. The molecule has 1 aliphatic rings. The summed E-state index contributed by atoms with van der Waals surface area (Å²) in [4.78, 5) is 33.2. The smallest absolute Gasteiger partial charge is 0.223 e. The first-order chi connectivity index (χ1) is 19.0. The molecule has 196 valence electrons. The van der Waals surface area contributed by atoms with E-state index >= 15 is 0 Å². The van der Waals surface area contributed by atoms with Crippen LogP contribution in [0.3, 0.4) is 0 Å². The Morgan fingerprint density at radius 3 is 2.51 bits per heavy atom. The van der Waals surface area contributed by atoms with Crippen molar-refractivity contribution in [1.82, 2.24) is 9.88 Å². The van der Waals surface area contributed by atoms with Gasteiger partial charge in [0.1, 0.15) is 28.2 Å². The Labute approximate surface area is 223 Å². The normalized spacial score (nSPS) is 14.5. The molecule has 3 aromatic carbocycles. The lowest BCUT2D eigenvalue weighted by Crippen LogP contribution is -2.41. The Kier molecular flexibility index (Phi) is 6.46. The minimum atomic E-state index is -0.726. The predicted molar refractivity (Wildman–Crippen MR) is 147 cm³/mol. The maximum atomic E-state index is 13.6. The Bertz CT molecular complexity index is 1740. The van der Waals surface area contributed by atoms with E-state index in [1.807, 2.05) is 48.5 Å². The van der Waals surface area contributed by atoms with Gasteiger partial charge in [-0.05, 0) is 11.6 Å². The number of hydrogen-bond acceptors (Lipinski definition) is 7. The number of aromatic hydroxyl groups is 2. The van der Waals surface area contributed by atoms with Crippen molar-refractivity contribution in [1.29, 1.82) is 0 Å². The highest BCUT2D eigenvalue weighted by atomic mass is 16.5. The van der Waals surface area contributed by atoms with E-state index in [1.54, 1.807) is 23.2 Å². The van der Waals surface area contributed by atoms with E-state index in [2.05, 4.69) is 4.98 Å². The minimum Gasteiger partial charge on any atom is -0.507 e. The number of fused-ring (bicyclic) bond motifs is 2. The molecule has 0 unspecified atom stereocenters. The molecule has 0 bridgehead atoms. The summed E-state index contributed by atoms with van der Waals surface area (Å²) < 4.78 is 11.7. The van der Waals surface area contributed by atoms with Crippen LogP contribution in [0.4, 0.5) is 0 Å². The number of carbonyl (C=O) groups is 1.